The first-order valence-corrected chi connectivity index (χ1v) is 13.1. The SMILES string of the molecule is COC(=O)c1ccc(OCC2CCN(c3ccc(NC(=O)c4ccnc(Nc5ccccc5)n4)cn3)CC2)cc1. The number of nitrogens with zero attached hydrogens (tertiary/aromatic N) is 4. The van der Waals surface area contributed by atoms with E-state index in [9.17, 15) is 9.59 Å². The highest BCUT2D eigenvalue weighted by molar-refractivity contribution is 6.03. The number of pyridine rings is 1. The zero-order valence-electron chi connectivity index (χ0n) is 22.1. The van der Waals surface area contributed by atoms with Crippen molar-refractivity contribution in [1.29, 1.82) is 0 Å². The van der Waals surface area contributed by atoms with Gasteiger partial charge in [0.1, 0.15) is 17.3 Å². The Morgan fingerprint density at radius 1 is 0.925 bits per heavy atom. The van der Waals surface area contributed by atoms with Crippen molar-refractivity contribution in [2.75, 3.05) is 42.3 Å². The summed E-state index contributed by atoms with van der Waals surface area (Å²) >= 11 is 0. The van der Waals surface area contributed by atoms with Crippen LogP contribution in [0.3, 0.4) is 0 Å². The number of aromatic nitrogens is 3. The molecule has 1 amide bonds. The zero-order valence-corrected chi connectivity index (χ0v) is 22.1. The van der Waals surface area contributed by atoms with Gasteiger partial charge in [0.05, 0.1) is 31.2 Å². The molecule has 5 rings (SSSR count). The van der Waals surface area contributed by atoms with Gasteiger partial charge in [-0.1, -0.05) is 18.2 Å². The maximum Gasteiger partial charge on any atom is 0.337 e. The highest BCUT2D eigenvalue weighted by Crippen LogP contribution is 2.24. The van der Waals surface area contributed by atoms with Crippen molar-refractivity contribution in [3.05, 3.63) is 96.4 Å². The summed E-state index contributed by atoms with van der Waals surface area (Å²) in [4.78, 5) is 39.6. The number of rotatable bonds is 9. The van der Waals surface area contributed by atoms with Crippen molar-refractivity contribution >= 4 is 35.0 Å². The van der Waals surface area contributed by atoms with Crippen molar-refractivity contribution in [3.63, 3.8) is 0 Å². The molecule has 4 aromatic rings. The molecule has 10 heteroatoms. The van der Waals surface area contributed by atoms with Gasteiger partial charge >= 0.3 is 5.97 Å². The van der Waals surface area contributed by atoms with Gasteiger partial charge in [0, 0.05) is 25.0 Å². The Balaban J connectivity index is 1.09. The number of hydrogen-bond donors (Lipinski definition) is 2. The minimum Gasteiger partial charge on any atom is -0.493 e. The summed E-state index contributed by atoms with van der Waals surface area (Å²) in [5, 5.41) is 5.94. The van der Waals surface area contributed by atoms with Gasteiger partial charge in [-0.15, -0.1) is 0 Å². The lowest BCUT2D eigenvalue weighted by molar-refractivity contribution is 0.0600. The van der Waals surface area contributed by atoms with Crippen LogP contribution in [0, 0.1) is 5.92 Å². The molecule has 0 aliphatic carbocycles. The van der Waals surface area contributed by atoms with Crippen LogP contribution in [-0.2, 0) is 4.74 Å². The van der Waals surface area contributed by atoms with E-state index in [-0.39, 0.29) is 17.6 Å². The first-order chi connectivity index (χ1) is 19.6. The van der Waals surface area contributed by atoms with Crippen LogP contribution in [0.2, 0.25) is 0 Å². The fourth-order valence-electron chi connectivity index (χ4n) is 4.39. The van der Waals surface area contributed by atoms with E-state index in [0.717, 1.165) is 43.2 Å². The van der Waals surface area contributed by atoms with Gasteiger partial charge in [0.15, 0.2) is 0 Å². The van der Waals surface area contributed by atoms with Gasteiger partial charge < -0.3 is 25.0 Å². The zero-order chi connectivity index (χ0) is 27.7. The smallest absolute Gasteiger partial charge is 0.337 e. The predicted octanol–water partition coefficient (Wildman–Crippen LogP) is 4.95. The van der Waals surface area contributed by atoms with Crippen molar-refractivity contribution in [3.8, 4) is 5.75 Å². The van der Waals surface area contributed by atoms with E-state index in [1.165, 1.54) is 7.11 Å². The Morgan fingerprint density at radius 2 is 1.70 bits per heavy atom. The average Bonchev–Trinajstić information content (AvgIpc) is 3.01. The first kappa shape index (κ1) is 26.6. The van der Waals surface area contributed by atoms with Gasteiger partial charge in [-0.05, 0) is 73.4 Å². The number of nitrogens with one attached hydrogen (secondary N) is 2. The quantitative estimate of drug-likeness (QED) is 0.285. The van der Waals surface area contributed by atoms with Crippen molar-refractivity contribution in [2.24, 2.45) is 5.92 Å². The summed E-state index contributed by atoms with van der Waals surface area (Å²) in [5.74, 6) is 1.68. The summed E-state index contributed by atoms with van der Waals surface area (Å²) in [7, 11) is 1.36. The van der Waals surface area contributed by atoms with Gasteiger partial charge in [-0.3, -0.25) is 4.79 Å². The number of esters is 1. The second kappa shape index (κ2) is 12.7. The van der Waals surface area contributed by atoms with E-state index >= 15 is 0 Å². The molecule has 204 valence electrons. The molecule has 0 bridgehead atoms. The van der Waals surface area contributed by atoms with E-state index < -0.39 is 0 Å². The lowest BCUT2D eigenvalue weighted by Gasteiger charge is -2.32. The van der Waals surface area contributed by atoms with Crippen LogP contribution < -0.4 is 20.3 Å². The van der Waals surface area contributed by atoms with Gasteiger partial charge in [0.2, 0.25) is 5.95 Å². The molecule has 2 aromatic heterocycles. The molecule has 1 aliphatic heterocycles. The van der Waals surface area contributed by atoms with Crippen LogP contribution in [0.15, 0.2) is 85.2 Å². The molecule has 0 spiro atoms. The number of amides is 1. The molecular formula is C30H30N6O4. The van der Waals surface area contributed by atoms with Crippen LogP contribution in [0.5, 0.6) is 5.75 Å². The Bertz CT molecular complexity index is 1420. The number of methoxy groups -OCH3 is 1. The maximum absolute atomic E-state index is 12.8. The number of carbonyl (C=O) groups excluding carboxylic acids is 2. The van der Waals surface area contributed by atoms with Crippen molar-refractivity contribution < 1.29 is 19.1 Å². The lowest BCUT2D eigenvalue weighted by atomic mass is 9.98. The minimum atomic E-state index is -0.362. The average molecular weight is 539 g/mol. The molecule has 1 saturated heterocycles. The van der Waals surface area contributed by atoms with E-state index in [1.54, 1.807) is 42.7 Å². The highest BCUT2D eigenvalue weighted by Gasteiger charge is 2.21. The molecule has 2 aromatic carbocycles. The molecular weight excluding hydrogens is 508 g/mol. The van der Waals surface area contributed by atoms with Gasteiger partial charge in [-0.2, -0.15) is 0 Å². The Labute approximate surface area is 232 Å². The fraction of sp³-hybridized carbons (Fsp3) is 0.233. The number of carbonyl (C=O) groups is 2. The van der Waals surface area contributed by atoms with E-state index in [0.29, 0.717) is 29.7 Å². The predicted molar refractivity (Wildman–Crippen MR) is 152 cm³/mol. The number of hydrogen-bond acceptors (Lipinski definition) is 9. The number of anilines is 4. The Kier molecular flexibility index (Phi) is 8.45. The molecule has 0 saturated carbocycles. The third-order valence-electron chi connectivity index (χ3n) is 6.62. The summed E-state index contributed by atoms with van der Waals surface area (Å²) in [6, 6.07) is 21.8. The standard InChI is InChI=1S/C30H30N6O4/c1-39-29(38)22-7-10-25(11-8-22)40-20-21-14-17-36(18-15-21)27-12-9-24(19-32-27)33-28(37)26-13-16-31-30(35-26)34-23-5-3-2-4-6-23/h2-13,16,19,21H,14-15,17-18,20H2,1H3,(H,33,37)(H,31,34,35). The van der Waals surface area contributed by atoms with Gasteiger partial charge in [-0.25, -0.2) is 19.7 Å². The van der Waals surface area contributed by atoms with Crippen molar-refractivity contribution in [2.45, 2.75) is 12.8 Å². The normalized spacial score (nSPS) is 13.4. The number of ether oxygens (including phenoxy) is 2. The minimum absolute atomic E-state index is 0.251. The Morgan fingerprint density at radius 3 is 2.40 bits per heavy atom. The molecule has 0 unspecified atom stereocenters. The van der Waals surface area contributed by atoms with Crippen LogP contribution >= 0.6 is 0 Å². The highest BCUT2D eigenvalue weighted by atomic mass is 16.5. The van der Waals surface area contributed by atoms with Gasteiger partial charge in [0.25, 0.3) is 5.91 Å². The second-order valence-electron chi connectivity index (χ2n) is 9.37. The van der Waals surface area contributed by atoms with Crippen LogP contribution in [-0.4, -0.2) is 53.6 Å². The maximum atomic E-state index is 12.8. The number of benzene rings is 2. The molecule has 2 N–H and O–H groups in total. The molecule has 1 aliphatic rings. The molecule has 0 atom stereocenters. The third kappa shape index (κ3) is 6.90. The number of piperidine rings is 1. The molecule has 40 heavy (non-hydrogen) atoms. The Hall–Kier alpha value is -4.99. The summed E-state index contributed by atoms with van der Waals surface area (Å²) < 4.78 is 10.7. The third-order valence-corrected chi connectivity index (χ3v) is 6.62. The van der Waals surface area contributed by atoms with E-state index in [4.69, 9.17) is 9.47 Å². The molecule has 10 nitrogen and oxygen atoms in total. The fourth-order valence-corrected chi connectivity index (χ4v) is 4.39. The summed E-state index contributed by atoms with van der Waals surface area (Å²) in [6.07, 6.45) is 5.16. The van der Waals surface area contributed by atoms with Crippen LogP contribution in [0.25, 0.3) is 0 Å². The number of para-hydroxylation sites is 1. The molecule has 1 fully saturated rings. The summed E-state index contributed by atoms with van der Waals surface area (Å²) in [5.41, 5.74) is 2.18. The first-order valence-electron chi connectivity index (χ1n) is 13.1. The monoisotopic (exact) mass is 538 g/mol. The van der Waals surface area contributed by atoms with Crippen molar-refractivity contribution in [1.82, 2.24) is 15.0 Å². The van der Waals surface area contributed by atoms with Crippen LogP contribution in [0.4, 0.5) is 23.1 Å². The summed E-state index contributed by atoms with van der Waals surface area (Å²) in [6.45, 7) is 2.35. The van der Waals surface area contributed by atoms with E-state index in [1.807, 2.05) is 42.5 Å². The largest absolute Gasteiger partial charge is 0.493 e. The second-order valence-corrected chi connectivity index (χ2v) is 9.37. The van der Waals surface area contributed by atoms with Crippen LogP contribution in [0.1, 0.15) is 33.7 Å². The molecule has 3 heterocycles. The lowest BCUT2D eigenvalue weighted by Crippen LogP contribution is -2.36. The topological polar surface area (TPSA) is 119 Å². The molecule has 0 radical (unpaired) electrons. The van der Waals surface area contributed by atoms with E-state index in [2.05, 4.69) is 30.5 Å².